The van der Waals surface area contributed by atoms with Gasteiger partial charge in [0.05, 0.1) is 0 Å². The highest BCUT2D eigenvalue weighted by Crippen LogP contribution is 2.29. The highest BCUT2D eigenvalue weighted by atomic mass is 32.2. The van der Waals surface area contributed by atoms with Crippen LogP contribution in [-0.4, -0.2) is 45.3 Å². The molecule has 0 radical (unpaired) electrons. The fourth-order valence-corrected chi connectivity index (χ4v) is 4.56. The minimum Gasteiger partial charge on any atom is -0.480 e. The number of likely N-dealkylation sites (tertiary alicyclic amines) is 1. The van der Waals surface area contributed by atoms with Crippen LogP contribution in [0.3, 0.4) is 0 Å². The van der Waals surface area contributed by atoms with Crippen molar-refractivity contribution in [1.29, 1.82) is 0 Å². The molecule has 1 fully saturated rings. The Balaban J connectivity index is 1.59. The summed E-state index contributed by atoms with van der Waals surface area (Å²) < 4.78 is 0. The molecule has 2 aromatic carbocycles. The Hall–Kier alpha value is -2.60. The lowest BCUT2D eigenvalue weighted by atomic mass is 9.97. The number of carboxylic acids is 1. The van der Waals surface area contributed by atoms with Crippen LogP contribution in [0.1, 0.15) is 29.3 Å². The summed E-state index contributed by atoms with van der Waals surface area (Å²) in [7, 11) is 0. The van der Waals surface area contributed by atoms with E-state index >= 15 is 0 Å². The van der Waals surface area contributed by atoms with Gasteiger partial charge in [-0.1, -0.05) is 79.3 Å². The lowest BCUT2D eigenvalue weighted by molar-refractivity contribution is -0.149. The number of benzene rings is 2. The van der Waals surface area contributed by atoms with Crippen LogP contribution in [0.15, 0.2) is 60.7 Å². The van der Waals surface area contributed by atoms with Crippen molar-refractivity contribution in [3.63, 3.8) is 0 Å². The molecular formula is C23H25NO4S. The number of hydrogen-bond acceptors (Lipinski definition) is 4. The largest absolute Gasteiger partial charge is 0.480 e. The lowest BCUT2D eigenvalue weighted by Crippen LogP contribution is -2.43. The van der Waals surface area contributed by atoms with E-state index in [0.29, 0.717) is 24.3 Å². The monoisotopic (exact) mass is 411 g/mol. The fraction of sp³-hybridized carbons (Fsp3) is 0.348. The SMILES string of the molecule is CC(CSC(=O)c1ccccc1)C(=O)N1CC(Cc2ccccc2)CC1C(=O)O. The molecule has 0 bridgehead atoms. The molecule has 0 aromatic heterocycles. The van der Waals surface area contributed by atoms with Gasteiger partial charge in [0.2, 0.25) is 11.0 Å². The molecule has 1 amide bonds. The molecule has 1 aliphatic rings. The molecule has 1 N–H and O–H groups in total. The standard InChI is InChI=1S/C23H25NO4S/c1-16(15-29-23(28)19-10-6-3-7-11-19)21(25)24-14-18(13-20(24)22(26)27)12-17-8-4-2-5-9-17/h2-11,16,18,20H,12-15H2,1H3,(H,26,27). The summed E-state index contributed by atoms with van der Waals surface area (Å²) in [4.78, 5) is 38.4. The molecule has 3 atom stereocenters. The van der Waals surface area contributed by atoms with Crippen molar-refractivity contribution in [2.45, 2.75) is 25.8 Å². The topological polar surface area (TPSA) is 74.7 Å². The number of hydrogen-bond donors (Lipinski definition) is 1. The van der Waals surface area contributed by atoms with Gasteiger partial charge < -0.3 is 10.0 Å². The zero-order valence-electron chi connectivity index (χ0n) is 16.4. The average Bonchev–Trinajstić information content (AvgIpc) is 3.16. The third-order valence-corrected chi connectivity index (χ3v) is 6.38. The highest BCUT2D eigenvalue weighted by molar-refractivity contribution is 8.14. The zero-order valence-corrected chi connectivity index (χ0v) is 17.2. The van der Waals surface area contributed by atoms with Crippen LogP contribution >= 0.6 is 11.8 Å². The third-order valence-electron chi connectivity index (χ3n) is 5.22. The normalized spacial score (nSPS) is 19.7. The summed E-state index contributed by atoms with van der Waals surface area (Å²) >= 11 is 1.10. The number of carboxylic acid groups (broad SMARTS) is 1. The van der Waals surface area contributed by atoms with E-state index in [1.165, 1.54) is 4.90 Å². The molecule has 1 heterocycles. The van der Waals surface area contributed by atoms with Crippen molar-refractivity contribution in [1.82, 2.24) is 4.90 Å². The Morgan fingerprint density at radius 2 is 1.69 bits per heavy atom. The number of carbonyl (C=O) groups excluding carboxylic acids is 2. The van der Waals surface area contributed by atoms with Crippen molar-refractivity contribution in [3.8, 4) is 0 Å². The van der Waals surface area contributed by atoms with Crippen LogP contribution in [0.4, 0.5) is 0 Å². The number of amides is 1. The van der Waals surface area contributed by atoms with Crippen LogP contribution in [0, 0.1) is 11.8 Å². The quantitative estimate of drug-likeness (QED) is 0.751. The van der Waals surface area contributed by atoms with E-state index in [1.807, 2.05) is 36.4 Å². The highest BCUT2D eigenvalue weighted by Gasteiger charge is 2.40. The Kier molecular flexibility index (Phi) is 7.09. The maximum absolute atomic E-state index is 12.9. The van der Waals surface area contributed by atoms with Crippen molar-refractivity contribution in [2.24, 2.45) is 11.8 Å². The van der Waals surface area contributed by atoms with E-state index in [2.05, 4.69) is 0 Å². The van der Waals surface area contributed by atoms with Gasteiger partial charge in [0.15, 0.2) is 0 Å². The number of aliphatic carboxylic acids is 1. The first-order valence-electron chi connectivity index (χ1n) is 9.75. The molecule has 0 aliphatic carbocycles. The van der Waals surface area contributed by atoms with Gasteiger partial charge >= 0.3 is 5.97 Å². The van der Waals surface area contributed by atoms with E-state index in [0.717, 1.165) is 23.7 Å². The molecule has 2 aromatic rings. The van der Waals surface area contributed by atoms with Crippen molar-refractivity contribution in [2.75, 3.05) is 12.3 Å². The van der Waals surface area contributed by atoms with Crippen molar-refractivity contribution >= 4 is 28.8 Å². The van der Waals surface area contributed by atoms with Gasteiger partial charge in [0.25, 0.3) is 0 Å². The smallest absolute Gasteiger partial charge is 0.326 e. The van der Waals surface area contributed by atoms with Crippen LogP contribution in [-0.2, 0) is 16.0 Å². The van der Waals surface area contributed by atoms with Crippen LogP contribution < -0.4 is 0 Å². The molecule has 0 saturated carbocycles. The lowest BCUT2D eigenvalue weighted by Gasteiger charge is -2.24. The molecule has 0 spiro atoms. The van der Waals surface area contributed by atoms with E-state index in [9.17, 15) is 19.5 Å². The molecule has 152 valence electrons. The number of rotatable bonds is 7. The Bertz CT molecular complexity index is 856. The van der Waals surface area contributed by atoms with Crippen molar-refractivity contribution < 1.29 is 19.5 Å². The molecule has 1 aliphatic heterocycles. The second kappa shape index (κ2) is 9.74. The number of thioether (sulfide) groups is 1. The molecule has 29 heavy (non-hydrogen) atoms. The summed E-state index contributed by atoms with van der Waals surface area (Å²) in [5.74, 6) is -1.13. The van der Waals surface area contributed by atoms with Gasteiger partial charge in [-0.2, -0.15) is 0 Å². The van der Waals surface area contributed by atoms with E-state index < -0.39 is 17.9 Å². The molecule has 5 nitrogen and oxygen atoms in total. The predicted octanol–water partition coefficient (Wildman–Crippen LogP) is 3.74. The molecular weight excluding hydrogens is 386 g/mol. The van der Waals surface area contributed by atoms with Crippen LogP contribution in [0.2, 0.25) is 0 Å². The first kappa shape index (κ1) is 21.1. The zero-order chi connectivity index (χ0) is 20.8. The van der Waals surface area contributed by atoms with Crippen LogP contribution in [0.5, 0.6) is 0 Å². The number of nitrogens with zero attached hydrogens (tertiary/aromatic N) is 1. The van der Waals surface area contributed by atoms with Gasteiger partial charge in [0, 0.05) is 23.8 Å². The van der Waals surface area contributed by atoms with Crippen molar-refractivity contribution in [3.05, 3.63) is 71.8 Å². The van der Waals surface area contributed by atoms with E-state index in [1.54, 1.807) is 31.2 Å². The van der Waals surface area contributed by atoms with E-state index in [-0.39, 0.29) is 16.9 Å². The Morgan fingerprint density at radius 3 is 2.31 bits per heavy atom. The maximum Gasteiger partial charge on any atom is 0.326 e. The molecule has 6 heteroatoms. The summed E-state index contributed by atoms with van der Waals surface area (Å²) in [6.45, 7) is 2.20. The maximum atomic E-state index is 12.9. The average molecular weight is 412 g/mol. The third kappa shape index (κ3) is 5.48. The minimum atomic E-state index is -0.964. The van der Waals surface area contributed by atoms with Gasteiger partial charge in [-0.15, -0.1) is 0 Å². The first-order chi connectivity index (χ1) is 14.0. The second-order valence-corrected chi connectivity index (χ2v) is 8.49. The van der Waals surface area contributed by atoms with Gasteiger partial charge in [-0.05, 0) is 24.3 Å². The first-order valence-corrected chi connectivity index (χ1v) is 10.7. The summed E-state index contributed by atoms with van der Waals surface area (Å²) in [5.41, 5.74) is 1.75. The Morgan fingerprint density at radius 1 is 1.07 bits per heavy atom. The molecule has 1 saturated heterocycles. The second-order valence-electron chi connectivity index (χ2n) is 7.50. The minimum absolute atomic E-state index is 0.0802. The molecule has 3 unspecified atom stereocenters. The van der Waals surface area contributed by atoms with E-state index in [4.69, 9.17) is 0 Å². The van der Waals surface area contributed by atoms with Crippen LogP contribution in [0.25, 0.3) is 0 Å². The number of carbonyl (C=O) groups is 3. The van der Waals surface area contributed by atoms with Gasteiger partial charge in [0.1, 0.15) is 6.04 Å². The summed E-state index contributed by atoms with van der Waals surface area (Å²) in [6.07, 6.45) is 1.21. The summed E-state index contributed by atoms with van der Waals surface area (Å²) in [6, 6.07) is 18.1. The van der Waals surface area contributed by atoms with Gasteiger partial charge in [-0.25, -0.2) is 4.79 Å². The summed E-state index contributed by atoms with van der Waals surface area (Å²) in [5, 5.41) is 9.53. The Labute approximate surface area is 175 Å². The fourth-order valence-electron chi connectivity index (χ4n) is 3.71. The predicted molar refractivity (Wildman–Crippen MR) is 114 cm³/mol. The van der Waals surface area contributed by atoms with Gasteiger partial charge in [-0.3, -0.25) is 9.59 Å². The molecule has 3 rings (SSSR count).